The Balaban J connectivity index is 1.45. The van der Waals surface area contributed by atoms with Crippen LogP contribution in [0.2, 0.25) is 0 Å². The average Bonchev–Trinajstić information content (AvgIpc) is 3.51. The van der Waals surface area contributed by atoms with Crippen molar-refractivity contribution in [3.05, 3.63) is 173 Å². The van der Waals surface area contributed by atoms with Gasteiger partial charge in [0.15, 0.2) is 0 Å². The van der Waals surface area contributed by atoms with E-state index in [2.05, 4.69) is 172 Å². The average molecular weight is 554 g/mol. The summed E-state index contributed by atoms with van der Waals surface area (Å²) in [6, 6.07) is 52.2. The van der Waals surface area contributed by atoms with E-state index in [-0.39, 0.29) is 5.41 Å². The van der Waals surface area contributed by atoms with E-state index in [1.165, 1.54) is 72.0 Å². The Morgan fingerprint density at radius 1 is 0.512 bits per heavy atom. The first kappa shape index (κ1) is 25.8. The van der Waals surface area contributed by atoms with Crippen LogP contribution in [0.3, 0.4) is 0 Å². The Hall–Kier alpha value is -4.88. The molecule has 1 aliphatic rings. The van der Waals surface area contributed by atoms with Gasteiger partial charge in [-0.3, -0.25) is 0 Å². The van der Waals surface area contributed by atoms with Crippen LogP contribution in [0.5, 0.6) is 0 Å². The summed E-state index contributed by atoms with van der Waals surface area (Å²) < 4.78 is 2.43. The van der Waals surface area contributed by atoms with Crippen molar-refractivity contribution in [2.75, 3.05) is 0 Å². The molecule has 0 unspecified atom stereocenters. The summed E-state index contributed by atoms with van der Waals surface area (Å²) in [5, 5.41) is 2.56. The van der Waals surface area contributed by atoms with E-state index >= 15 is 0 Å². The first-order valence-corrected chi connectivity index (χ1v) is 15.3. The molecule has 0 bridgehead atoms. The van der Waals surface area contributed by atoms with Gasteiger partial charge in [0.1, 0.15) is 0 Å². The number of nitrogens with zero attached hydrogens (tertiary/aromatic N) is 1. The second-order valence-corrected chi connectivity index (χ2v) is 13.1. The summed E-state index contributed by atoms with van der Waals surface area (Å²) in [5.74, 6) is 0. The summed E-state index contributed by atoms with van der Waals surface area (Å²) in [5.41, 5.74) is 13.9. The molecule has 0 fully saturated rings. The van der Waals surface area contributed by atoms with Gasteiger partial charge in [0.2, 0.25) is 0 Å². The lowest BCUT2D eigenvalue weighted by Gasteiger charge is -2.34. The molecule has 1 aromatic heterocycles. The van der Waals surface area contributed by atoms with Crippen LogP contribution in [0.15, 0.2) is 140 Å². The topological polar surface area (TPSA) is 4.93 Å². The molecule has 0 saturated heterocycles. The molecule has 1 heterocycles. The maximum Gasteiger partial charge on any atom is 0.0713 e. The molecule has 6 aromatic carbocycles. The molecule has 0 saturated carbocycles. The lowest BCUT2D eigenvalue weighted by Crippen LogP contribution is -2.28. The highest BCUT2D eigenvalue weighted by Gasteiger charge is 2.46. The molecule has 7 aromatic rings. The van der Waals surface area contributed by atoms with Gasteiger partial charge in [-0.2, -0.15) is 0 Å². The summed E-state index contributed by atoms with van der Waals surface area (Å²) >= 11 is 0. The second-order valence-electron chi connectivity index (χ2n) is 13.1. The van der Waals surface area contributed by atoms with Gasteiger partial charge >= 0.3 is 0 Å². The molecule has 0 N–H and O–H groups in total. The minimum Gasteiger partial charge on any atom is -0.309 e. The van der Waals surface area contributed by atoms with Crippen LogP contribution >= 0.6 is 0 Å². The van der Waals surface area contributed by atoms with Crippen molar-refractivity contribution in [2.45, 2.75) is 38.5 Å². The zero-order valence-electron chi connectivity index (χ0n) is 25.2. The number of fused-ring (bicyclic) bond motifs is 6. The van der Waals surface area contributed by atoms with E-state index in [0.29, 0.717) is 0 Å². The SMILES string of the molecule is Cc1cccc(C2(c3ccc4c(c3)c3ccccc3n4-c3ccc(C(C)(C)C)cc3)c3ccccc3-c3ccccc32)c1. The van der Waals surface area contributed by atoms with Gasteiger partial charge in [-0.25, -0.2) is 0 Å². The molecule has 0 radical (unpaired) electrons. The van der Waals surface area contributed by atoms with Crippen molar-refractivity contribution in [2.24, 2.45) is 0 Å². The van der Waals surface area contributed by atoms with Gasteiger partial charge in [0, 0.05) is 16.5 Å². The van der Waals surface area contributed by atoms with Gasteiger partial charge in [0.25, 0.3) is 0 Å². The number of rotatable bonds is 3. The monoisotopic (exact) mass is 553 g/mol. The maximum absolute atomic E-state index is 2.47. The predicted octanol–water partition coefficient (Wildman–Crippen LogP) is 10.8. The zero-order chi connectivity index (χ0) is 29.3. The zero-order valence-corrected chi connectivity index (χ0v) is 25.2. The molecule has 208 valence electrons. The fourth-order valence-electron chi connectivity index (χ4n) is 7.50. The van der Waals surface area contributed by atoms with Crippen LogP contribution in [0, 0.1) is 6.92 Å². The fraction of sp³-hybridized carbons (Fsp3) is 0.143. The van der Waals surface area contributed by atoms with Crippen molar-refractivity contribution in [1.82, 2.24) is 4.57 Å². The quantitative estimate of drug-likeness (QED) is 0.205. The van der Waals surface area contributed by atoms with Crippen molar-refractivity contribution >= 4 is 21.8 Å². The largest absolute Gasteiger partial charge is 0.309 e. The molecule has 0 aliphatic heterocycles. The highest BCUT2D eigenvalue weighted by molar-refractivity contribution is 6.09. The summed E-state index contributed by atoms with van der Waals surface area (Å²) in [7, 11) is 0. The molecule has 0 amide bonds. The molecule has 1 aliphatic carbocycles. The van der Waals surface area contributed by atoms with Crippen molar-refractivity contribution in [3.8, 4) is 16.8 Å². The van der Waals surface area contributed by atoms with E-state index in [0.717, 1.165) is 0 Å². The van der Waals surface area contributed by atoms with Gasteiger partial charge in [-0.05, 0) is 81.6 Å². The van der Waals surface area contributed by atoms with Crippen LogP contribution < -0.4 is 0 Å². The Morgan fingerprint density at radius 3 is 1.79 bits per heavy atom. The minimum atomic E-state index is -0.412. The molecule has 43 heavy (non-hydrogen) atoms. The van der Waals surface area contributed by atoms with E-state index < -0.39 is 5.41 Å². The highest BCUT2D eigenvalue weighted by atomic mass is 15.0. The number of benzene rings is 6. The fourth-order valence-corrected chi connectivity index (χ4v) is 7.50. The second kappa shape index (κ2) is 9.31. The van der Waals surface area contributed by atoms with Crippen LogP contribution in [0.1, 0.15) is 54.2 Å². The summed E-state index contributed by atoms with van der Waals surface area (Å²) in [4.78, 5) is 0. The lowest BCUT2D eigenvalue weighted by atomic mass is 9.67. The molecular formula is C42H35N. The van der Waals surface area contributed by atoms with E-state index in [1.54, 1.807) is 0 Å². The third-order valence-corrected chi connectivity index (χ3v) is 9.50. The van der Waals surface area contributed by atoms with Crippen LogP contribution in [-0.2, 0) is 10.8 Å². The first-order valence-electron chi connectivity index (χ1n) is 15.3. The number of hydrogen-bond donors (Lipinski definition) is 0. The Kier molecular flexibility index (Phi) is 5.59. The third kappa shape index (κ3) is 3.71. The van der Waals surface area contributed by atoms with E-state index in [1.807, 2.05) is 0 Å². The molecule has 1 heteroatoms. The van der Waals surface area contributed by atoms with Crippen LogP contribution in [0.25, 0.3) is 38.6 Å². The van der Waals surface area contributed by atoms with Gasteiger partial charge in [0.05, 0.1) is 16.4 Å². The third-order valence-electron chi connectivity index (χ3n) is 9.50. The maximum atomic E-state index is 2.47. The van der Waals surface area contributed by atoms with Crippen molar-refractivity contribution in [1.29, 1.82) is 0 Å². The summed E-state index contributed by atoms with van der Waals surface area (Å²) in [6.45, 7) is 9.01. The molecule has 0 atom stereocenters. The normalized spacial score (nSPS) is 13.8. The molecular weight excluding hydrogens is 518 g/mol. The smallest absolute Gasteiger partial charge is 0.0713 e. The number of hydrogen-bond acceptors (Lipinski definition) is 0. The Labute approximate surface area is 254 Å². The number of para-hydroxylation sites is 1. The van der Waals surface area contributed by atoms with Gasteiger partial charge in [-0.1, -0.05) is 136 Å². The Bertz CT molecular complexity index is 2120. The van der Waals surface area contributed by atoms with Gasteiger partial charge in [-0.15, -0.1) is 0 Å². The highest BCUT2D eigenvalue weighted by Crippen LogP contribution is 2.56. The van der Waals surface area contributed by atoms with Crippen molar-refractivity contribution < 1.29 is 0 Å². The Morgan fingerprint density at radius 2 is 1.12 bits per heavy atom. The van der Waals surface area contributed by atoms with E-state index in [9.17, 15) is 0 Å². The minimum absolute atomic E-state index is 0.117. The molecule has 1 nitrogen and oxygen atoms in total. The van der Waals surface area contributed by atoms with Crippen molar-refractivity contribution in [3.63, 3.8) is 0 Å². The first-order chi connectivity index (χ1) is 20.9. The van der Waals surface area contributed by atoms with E-state index in [4.69, 9.17) is 0 Å². The van der Waals surface area contributed by atoms with Crippen LogP contribution in [-0.4, -0.2) is 4.57 Å². The van der Waals surface area contributed by atoms with Crippen LogP contribution in [0.4, 0.5) is 0 Å². The predicted molar refractivity (Wildman–Crippen MR) is 182 cm³/mol. The number of aryl methyl sites for hydroxylation is 1. The summed E-state index contributed by atoms with van der Waals surface area (Å²) in [6.07, 6.45) is 0. The standard InChI is InChI=1S/C42H35N/c1-28-12-11-13-30(26-28)42(37-17-8-5-14-33(37)34-15-6-9-18-38(34)42)31-22-25-40-36(27-31)35-16-7-10-19-39(35)43(40)32-23-20-29(21-24-32)41(2,3)4/h5-27H,1-4H3. The lowest BCUT2D eigenvalue weighted by molar-refractivity contribution is 0.590. The molecule has 0 spiro atoms. The van der Waals surface area contributed by atoms with Gasteiger partial charge < -0.3 is 4.57 Å². The number of aromatic nitrogens is 1. The molecule has 8 rings (SSSR count).